The van der Waals surface area contributed by atoms with E-state index in [0.29, 0.717) is 88.9 Å². The van der Waals surface area contributed by atoms with Gasteiger partial charge in [-0.2, -0.15) is 16.8 Å². The van der Waals surface area contributed by atoms with Crippen molar-refractivity contribution in [3.05, 3.63) is 92.9 Å². The highest BCUT2D eigenvalue weighted by molar-refractivity contribution is 7.86. The van der Waals surface area contributed by atoms with Crippen molar-refractivity contribution in [2.45, 2.75) is 76.7 Å². The van der Waals surface area contributed by atoms with Gasteiger partial charge >= 0.3 is 11.9 Å². The summed E-state index contributed by atoms with van der Waals surface area (Å²) < 4.78 is 70.1. The highest BCUT2D eigenvalue weighted by atomic mass is 32.2. The van der Waals surface area contributed by atoms with Gasteiger partial charge in [0.2, 0.25) is 0 Å². The van der Waals surface area contributed by atoms with Gasteiger partial charge in [0.05, 0.1) is 17.1 Å². The average molecular weight is 870 g/mol. The molecule has 3 aromatic carbocycles. The Morgan fingerprint density at radius 1 is 0.783 bits per heavy atom. The third-order valence-electron chi connectivity index (χ3n) is 9.90. The molecule has 5 rings (SSSR count). The van der Waals surface area contributed by atoms with Gasteiger partial charge in [-0.15, -0.1) is 5.06 Å². The molecule has 0 bridgehead atoms. The summed E-state index contributed by atoms with van der Waals surface area (Å²) in [6.07, 6.45) is 3.26. The molecule has 1 atom stereocenters. The second-order valence-electron chi connectivity index (χ2n) is 14.5. The SMILES string of the molecule is C=c1ccc2c(c1)Oc1cc(C(CCCS(=O)(=O)O)NCCCCS(=O)(=O)O)ccc1C=2c1cc(C(=O)NCCCCCCC(=O)ON2C(=O)CCC2=O)ccc1C(=O)O. The molecule has 0 saturated carbocycles. The zero-order valence-electron chi connectivity index (χ0n) is 32.7. The highest BCUT2D eigenvalue weighted by Crippen LogP contribution is 2.39. The lowest BCUT2D eigenvalue weighted by atomic mass is 9.87. The predicted molar refractivity (Wildman–Crippen MR) is 217 cm³/mol. The third-order valence-corrected chi connectivity index (χ3v) is 11.5. The van der Waals surface area contributed by atoms with Crippen LogP contribution in [0.2, 0.25) is 0 Å². The van der Waals surface area contributed by atoms with Gasteiger partial charge in [-0.1, -0.05) is 43.7 Å². The Balaban J connectivity index is 1.33. The lowest BCUT2D eigenvalue weighted by Crippen LogP contribution is -2.31. The van der Waals surface area contributed by atoms with Crippen molar-refractivity contribution in [2.75, 3.05) is 24.6 Å². The summed E-state index contributed by atoms with van der Waals surface area (Å²) in [4.78, 5) is 66.3. The van der Waals surface area contributed by atoms with Crippen molar-refractivity contribution in [2.24, 2.45) is 0 Å². The Morgan fingerprint density at radius 2 is 1.47 bits per heavy atom. The number of benzene rings is 3. The van der Waals surface area contributed by atoms with Gasteiger partial charge < -0.3 is 25.3 Å². The summed E-state index contributed by atoms with van der Waals surface area (Å²) in [6.45, 7) is 4.61. The Hall–Kier alpha value is -5.47. The van der Waals surface area contributed by atoms with Gasteiger partial charge in [-0.3, -0.25) is 23.5 Å². The van der Waals surface area contributed by atoms with E-state index < -0.39 is 67.4 Å². The van der Waals surface area contributed by atoms with Gasteiger partial charge in [0, 0.05) is 53.8 Å². The van der Waals surface area contributed by atoms with E-state index in [2.05, 4.69) is 17.2 Å². The van der Waals surface area contributed by atoms with Crippen LogP contribution < -0.4 is 25.8 Å². The highest BCUT2D eigenvalue weighted by Gasteiger charge is 2.33. The minimum atomic E-state index is -4.24. The van der Waals surface area contributed by atoms with Crippen LogP contribution >= 0.6 is 0 Å². The summed E-state index contributed by atoms with van der Waals surface area (Å²) in [5, 5.41) is 18.2. The number of amides is 3. The summed E-state index contributed by atoms with van der Waals surface area (Å²) >= 11 is 0. The number of ether oxygens (including phenoxy) is 1. The van der Waals surface area contributed by atoms with Crippen molar-refractivity contribution in [3.8, 4) is 11.5 Å². The minimum Gasteiger partial charge on any atom is -0.478 e. The molecule has 2 aliphatic heterocycles. The second-order valence-corrected chi connectivity index (χ2v) is 17.7. The fourth-order valence-corrected chi connectivity index (χ4v) is 8.04. The van der Waals surface area contributed by atoms with Crippen molar-refractivity contribution < 1.29 is 64.6 Å². The maximum atomic E-state index is 13.4. The molecule has 3 amide bonds. The molecule has 17 nitrogen and oxygen atoms in total. The van der Waals surface area contributed by atoms with Gasteiger partial charge in [0.1, 0.15) is 11.5 Å². The number of unbranched alkanes of at least 4 members (excludes halogenated alkanes) is 4. The van der Waals surface area contributed by atoms with E-state index in [1.54, 1.807) is 36.4 Å². The number of nitrogens with one attached hydrogen (secondary N) is 2. The number of carbonyl (C=O) groups excluding carboxylic acids is 4. The number of nitrogens with zero attached hydrogens (tertiary/aromatic N) is 1. The zero-order valence-corrected chi connectivity index (χ0v) is 34.3. The number of carbonyl (C=O) groups is 5. The fourth-order valence-electron chi connectivity index (χ4n) is 6.94. The van der Waals surface area contributed by atoms with E-state index in [0.717, 1.165) is 0 Å². The van der Waals surface area contributed by atoms with Crippen LogP contribution in [0.1, 0.15) is 114 Å². The van der Waals surface area contributed by atoms with Gasteiger partial charge in [-0.05, 0) is 91.7 Å². The van der Waals surface area contributed by atoms with Gasteiger partial charge in [0.15, 0.2) is 0 Å². The molecule has 0 aromatic heterocycles. The molecular formula is C41H47N3O14S2. The number of hydroxylamine groups is 2. The van der Waals surface area contributed by atoms with E-state index >= 15 is 0 Å². The Bertz CT molecular complexity index is 2470. The normalized spacial score (nSPS) is 14.3. The number of imide groups is 1. The summed E-state index contributed by atoms with van der Waals surface area (Å²) in [5.74, 6) is -3.62. The number of carboxylic acid groups (broad SMARTS) is 1. The van der Waals surface area contributed by atoms with Crippen molar-refractivity contribution in [1.29, 1.82) is 0 Å². The first-order valence-electron chi connectivity index (χ1n) is 19.4. The van der Waals surface area contributed by atoms with E-state index in [-0.39, 0.29) is 55.2 Å². The van der Waals surface area contributed by atoms with E-state index in [1.807, 2.05) is 0 Å². The largest absolute Gasteiger partial charge is 0.478 e. The third kappa shape index (κ3) is 12.8. The average Bonchev–Trinajstić information content (AvgIpc) is 3.49. The van der Waals surface area contributed by atoms with Crippen LogP contribution in [0.25, 0.3) is 12.2 Å². The second kappa shape index (κ2) is 20.2. The van der Waals surface area contributed by atoms with Gasteiger partial charge in [-0.25, -0.2) is 9.59 Å². The maximum Gasteiger partial charge on any atom is 0.336 e. The summed E-state index contributed by atoms with van der Waals surface area (Å²) in [6, 6.07) is 14.2. The quantitative estimate of drug-likeness (QED) is 0.0431. The van der Waals surface area contributed by atoms with Crippen LogP contribution in [0.15, 0.2) is 54.6 Å². The Morgan fingerprint density at radius 3 is 2.17 bits per heavy atom. The standard InChI is InChI=1S/C41H47N3O14S2/c1-26-11-14-30-34(23-26)57-35-25-27(33(9-8-22-60(54,55)56)42-19-6-7-21-59(51,52)53)12-16-31(35)39(30)32-24-28(13-15-29(32)41(49)50)40(48)43-20-5-3-2-4-10-38(47)58-44-36(45)17-18-37(44)46/h11-16,23-25,33,42H,1-10,17-22H2,(H,43,48)(H,49,50)(H,51,52,53)(H,54,55,56). The number of rotatable bonds is 22. The van der Waals surface area contributed by atoms with Crippen LogP contribution in [0, 0.1) is 0 Å². The zero-order chi connectivity index (χ0) is 43.6. The molecule has 60 heavy (non-hydrogen) atoms. The van der Waals surface area contributed by atoms with Crippen LogP contribution in [0.3, 0.4) is 0 Å². The first-order valence-corrected chi connectivity index (χ1v) is 22.6. The van der Waals surface area contributed by atoms with E-state index in [9.17, 15) is 50.5 Å². The van der Waals surface area contributed by atoms with Crippen molar-refractivity contribution in [3.63, 3.8) is 0 Å². The number of hydrogen-bond acceptors (Lipinski definition) is 12. The number of aromatic carboxylic acids is 1. The molecule has 0 aliphatic carbocycles. The Kier molecular flexibility index (Phi) is 15.3. The summed E-state index contributed by atoms with van der Waals surface area (Å²) in [5.41, 5.74) is 2.02. The predicted octanol–water partition coefficient (Wildman–Crippen LogP) is 3.40. The lowest BCUT2D eigenvalue weighted by Gasteiger charge is -2.25. The number of hydrogen-bond donors (Lipinski definition) is 5. The molecule has 1 unspecified atom stereocenters. The molecule has 1 fully saturated rings. The lowest BCUT2D eigenvalue weighted by molar-refractivity contribution is -0.197. The smallest absolute Gasteiger partial charge is 0.336 e. The van der Waals surface area contributed by atoms with Crippen LogP contribution in [-0.2, 0) is 39.5 Å². The molecule has 5 N–H and O–H groups in total. The molecule has 1 saturated heterocycles. The first-order chi connectivity index (χ1) is 28.4. The summed E-state index contributed by atoms with van der Waals surface area (Å²) in [7, 11) is -8.38. The molecule has 2 aliphatic rings. The van der Waals surface area contributed by atoms with Crippen molar-refractivity contribution in [1.82, 2.24) is 15.7 Å². The molecule has 3 aromatic rings. The van der Waals surface area contributed by atoms with E-state index in [4.69, 9.17) is 14.1 Å². The van der Waals surface area contributed by atoms with Crippen LogP contribution in [-0.4, -0.2) is 90.4 Å². The maximum absolute atomic E-state index is 13.4. The molecule has 0 spiro atoms. The van der Waals surface area contributed by atoms with Crippen LogP contribution in [0.4, 0.5) is 0 Å². The minimum absolute atomic E-state index is 0.0135. The fraction of sp³-hybridized carbons (Fsp3) is 0.390. The molecular weight excluding hydrogens is 823 g/mol. The molecule has 2 heterocycles. The molecule has 322 valence electrons. The van der Waals surface area contributed by atoms with Gasteiger partial charge in [0.25, 0.3) is 38.0 Å². The first kappa shape index (κ1) is 45.6. The van der Waals surface area contributed by atoms with Crippen LogP contribution in [0.5, 0.6) is 11.5 Å². The Labute approximate surface area is 346 Å². The topological polar surface area (TPSA) is 260 Å². The molecule has 19 heteroatoms. The van der Waals surface area contributed by atoms with E-state index in [1.165, 1.54) is 18.2 Å². The van der Waals surface area contributed by atoms with Crippen molar-refractivity contribution >= 4 is 62.0 Å². The number of fused-ring (bicyclic) bond motifs is 2. The molecule has 0 radical (unpaired) electrons. The number of carboxylic acids is 1. The monoisotopic (exact) mass is 869 g/mol.